The maximum absolute atomic E-state index is 14.0. The molecule has 13 heteroatoms. The third-order valence-electron chi connectivity index (χ3n) is 3.09. The first-order valence-corrected chi connectivity index (χ1v) is 9.41. The molecule has 0 saturated carbocycles. The molecule has 0 radical (unpaired) electrons. The van der Waals surface area contributed by atoms with Crippen LogP contribution in [0.1, 0.15) is 0 Å². The van der Waals surface area contributed by atoms with Gasteiger partial charge in [0.05, 0.1) is 10.4 Å². The average Bonchev–Trinajstić information content (AvgIpc) is 3.07. The van der Waals surface area contributed by atoms with Crippen molar-refractivity contribution in [3.8, 4) is 5.75 Å². The maximum atomic E-state index is 14.0. The quantitative estimate of drug-likeness (QED) is 0.580. The van der Waals surface area contributed by atoms with Gasteiger partial charge in [-0.25, -0.2) is 31.0 Å². The lowest BCUT2D eigenvalue weighted by atomic mass is 10.3. The number of hydrogen-bond donors (Lipinski definition) is 2. The SMILES string of the molecule is O=S(=O)(Nc1cc(F)c(OCC(F)F)cc1F)c1c[nH]c2nc(Cl)sc12. The van der Waals surface area contributed by atoms with Crippen molar-refractivity contribution in [1.29, 1.82) is 0 Å². The van der Waals surface area contributed by atoms with Crippen molar-refractivity contribution in [2.45, 2.75) is 11.3 Å². The molecule has 2 N–H and O–H groups in total. The van der Waals surface area contributed by atoms with Crippen LogP contribution in [0.15, 0.2) is 23.2 Å². The molecular weight excluding hydrogens is 422 g/mol. The number of rotatable bonds is 6. The fraction of sp³-hybridized carbons (Fsp3) is 0.154. The van der Waals surface area contributed by atoms with Gasteiger partial charge in [-0.3, -0.25) is 4.72 Å². The van der Waals surface area contributed by atoms with Crippen LogP contribution in [0.4, 0.5) is 23.2 Å². The molecule has 0 aliphatic heterocycles. The zero-order valence-electron chi connectivity index (χ0n) is 12.4. The first-order chi connectivity index (χ1) is 12.2. The summed E-state index contributed by atoms with van der Waals surface area (Å²) in [5.41, 5.74) is -0.486. The Morgan fingerprint density at radius 1 is 1.31 bits per heavy atom. The number of benzene rings is 1. The highest BCUT2D eigenvalue weighted by molar-refractivity contribution is 7.93. The molecule has 0 atom stereocenters. The first-order valence-electron chi connectivity index (χ1n) is 6.73. The molecule has 26 heavy (non-hydrogen) atoms. The predicted octanol–water partition coefficient (Wildman–Crippen LogP) is 4.00. The zero-order chi connectivity index (χ0) is 19.1. The Balaban J connectivity index is 1.91. The lowest BCUT2D eigenvalue weighted by molar-refractivity contribution is 0.0797. The maximum Gasteiger partial charge on any atom is 0.272 e. The van der Waals surface area contributed by atoms with Crippen molar-refractivity contribution in [3.05, 3.63) is 34.4 Å². The van der Waals surface area contributed by atoms with E-state index in [2.05, 4.69) is 14.7 Å². The summed E-state index contributed by atoms with van der Waals surface area (Å²) >= 11 is 6.60. The van der Waals surface area contributed by atoms with Gasteiger partial charge in [0.2, 0.25) is 0 Å². The summed E-state index contributed by atoms with van der Waals surface area (Å²) < 4.78 is 83.6. The Hall–Kier alpha value is -2.05. The molecule has 2 aromatic heterocycles. The second-order valence-electron chi connectivity index (χ2n) is 4.87. The Labute approximate surface area is 152 Å². The van der Waals surface area contributed by atoms with Crippen LogP contribution < -0.4 is 9.46 Å². The van der Waals surface area contributed by atoms with Crippen LogP contribution in [0.5, 0.6) is 5.75 Å². The minimum Gasteiger partial charge on any atom is -0.484 e. The van der Waals surface area contributed by atoms with Gasteiger partial charge >= 0.3 is 0 Å². The molecule has 2 heterocycles. The first kappa shape index (κ1) is 18.7. The Bertz CT molecular complexity index is 1070. The van der Waals surface area contributed by atoms with Gasteiger partial charge in [-0.2, -0.15) is 0 Å². The number of nitrogens with zero attached hydrogens (tertiary/aromatic N) is 1. The number of anilines is 1. The number of halogens is 5. The number of fused-ring (bicyclic) bond motifs is 1. The summed E-state index contributed by atoms with van der Waals surface area (Å²) in [5, 5.41) is 0. The van der Waals surface area contributed by atoms with Crippen molar-refractivity contribution >= 4 is 49.0 Å². The number of alkyl halides is 2. The Morgan fingerprint density at radius 3 is 2.73 bits per heavy atom. The van der Waals surface area contributed by atoms with Crippen molar-refractivity contribution in [2.75, 3.05) is 11.3 Å². The van der Waals surface area contributed by atoms with E-state index in [4.69, 9.17) is 11.6 Å². The lowest BCUT2D eigenvalue weighted by Crippen LogP contribution is -2.14. The molecule has 3 rings (SSSR count). The fourth-order valence-electron chi connectivity index (χ4n) is 2.03. The van der Waals surface area contributed by atoms with Gasteiger partial charge in [-0.1, -0.05) is 22.9 Å². The van der Waals surface area contributed by atoms with Crippen LogP contribution in [-0.2, 0) is 10.0 Å². The van der Waals surface area contributed by atoms with Crippen LogP contribution in [0.3, 0.4) is 0 Å². The summed E-state index contributed by atoms with van der Waals surface area (Å²) in [6.07, 6.45) is -1.75. The van der Waals surface area contributed by atoms with Crippen molar-refractivity contribution in [1.82, 2.24) is 9.97 Å². The van der Waals surface area contributed by atoms with Gasteiger partial charge in [0.25, 0.3) is 16.4 Å². The van der Waals surface area contributed by atoms with Crippen LogP contribution in [-0.4, -0.2) is 31.4 Å². The monoisotopic (exact) mass is 429 g/mol. The van der Waals surface area contributed by atoms with E-state index in [1.165, 1.54) is 0 Å². The molecular formula is C13H8ClF4N3O3S2. The minimum absolute atomic E-state index is 0.0982. The van der Waals surface area contributed by atoms with Gasteiger partial charge in [-0.05, 0) is 0 Å². The third-order valence-corrected chi connectivity index (χ3v) is 5.80. The highest BCUT2D eigenvalue weighted by atomic mass is 35.5. The second kappa shape index (κ2) is 6.93. The number of hydrogen-bond acceptors (Lipinski definition) is 5. The van der Waals surface area contributed by atoms with Crippen molar-refractivity contribution < 1.29 is 30.7 Å². The van der Waals surface area contributed by atoms with E-state index in [1.807, 2.05) is 4.72 Å². The van der Waals surface area contributed by atoms with E-state index in [9.17, 15) is 26.0 Å². The van der Waals surface area contributed by atoms with Crippen LogP contribution in [0, 0.1) is 11.6 Å². The number of H-pyrrole nitrogens is 1. The number of aromatic amines is 1. The van der Waals surface area contributed by atoms with E-state index < -0.39 is 46.1 Å². The standard InChI is InChI=1S/C13H8ClF4N3O3S2/c14-13-20-12-11(25-13)9(3-19-12)26(22,23)21-7-1-6(16)8(2-5(7)15)24-4-10(17)18/h1-3,10,19,21H,4H2. The average molecular weight is 430 g/mol. The molecule has 0 aliphatic carbocycles. The molecule has 0 saturated heterocycles. The smallest absolute Gasteiger partial charge is 0.272 e. The van der Waals surface area contributed by atoms with Crippen LogP contribution >= 0.6 is 22.9 Å². The zero-order valence-corrected chi connectivity index (χ0v) is 14.8. The number of nitrogens with one attached hydrogen (secondary N) is 2. The summed E-state index contributed by atoms with van der Waals surface area (Å²) in [4.78, 5) is 6.20. The molecule has 0 fully saturated rings. The van der Waals surface area contributed by atoms with Gasteiger partial charge in [0.1, 0.15) is 11.5 Å². The molecule has 0 bridgehead atoms. The van der Waals surface area contributed by atoms with E-state index >= 15 is 0 Å². The van der Waals surface area contributed by atoms with E-state index in [0.29, 0.717) is 12.1 Å². The molecule has 0 spiro atoms. The highest BCUT2D eigenvalue weighted by Gasteiger charge is 2.24. The van der Waals surface area contributed by atoms with E-state index in [-0.39, 0.29) is 19.7 Å². The second-order valence-corrected chi connectivity index (χ2v) is 8.10. The van der Waals surface area contributed by atoms with Crippen molar-refractivity contribution in [2.24, 2.45) is 0 Å². The Morgan fingerprint density at radius 2 is 2.04 bits per heavy atom. The summed E-state index contributed by atoms with van der Waals surface area (Å²) in [5.74, 6) is -3.16. The number of sulfonamides is 1. The number of thiazole rings is 1. The normalized spacial score (nSPS) is 12.1. The molecule has 1 aromatic carbocycles. The van der Waals surface area contributed by atoms with Gasteiger partial charge in [0.15, 0.2) is 27.5 Å². The van der Waals surface area contributed by atoms with Crippen molar-refractivity contribution in [3.63, 3.8) is 0 Å². The summed E-state index contributed by atoms with van der Waals surface area (Å²) in [7, 11) is -4.30. The van der Waals surface area contributed by atoms with Gasteiger partial charge < -0.3 is 9.72 Å². The molecule has 3 aromatic rings. The predicted molar refractivity (Wildman–Crippen MR) is 87.6 cm³/mol. The van der Waals surface area contributed by atoms with Gasteiger partial charge in [0, 0.05) is 18.3 Å². The van der Waals surface area contributed by atoms with E-state index in [1.54, 1.807) is 0 Å². The molecule has 140 valence electrons. The number of ether oxygens (including phenoxy) is 1. The lowest BCUT2D eigenvalue weighted by Gasteiger charge is -2.11. The van der Waals surface area contributed by atoms with Crippen LogP contribution in [0.25, 0.3) is 10.3 Å². The molecule has 0 unspecified atom stereocenters. The largest absolute Gasteiger partial charge is 0.484 e. The minimum atomic E-state index is -4.30. The summed E-state index contributed by atoms with van der Waals surface area (Å²) in [6.45, 7) is -1.13. The summed E-state index contributed by atoms with van der Waals surface area (Å²) in [6, 6.07) is 0.975. The molecule has 0 amide bonds. The molecule has 6 nitrogen and oxygen atoms in total. The highest BCUT2D eigenvalue weighted by Crippen LogP contribution is 2.33. The third kappa shape index (κ3) is 3.71. The Kier molecular flexibility index (Phi) is 4.99. The van der Waals surface area contributed by atoms with Crippen LogP contribution in [0.2, 0.25) is 4.47 Å². The fourth-order valence-corrected chi connectivity index (χ4v) is 4.57. The number of aromatic nitrogens is 2. The molecule has 0 aliphatic rings. The topological polar surface area (TPSA) is 84.1 Å². The van der Waals surface area contributed by atoms with Gasteiger partial charge in [-0.15, -0.1) is 0 Å². The van der Waals surface area contributed by atoms with E-state index in [0.717, 1.165) is 17.5 Å².